The summed E-state index contributed by atoms with van der Waals surface area (Å²) in [6.07, 6.45) is 3.34. The number of carbonyl (C=O) groups is 1. The van der Waals surface area contributed by atoms with Gasteiger partial charge in [0.1, 0.15) is 11.5 Å². The Bertz CT molecular complexity index is 965. The Morgan fingerprint density at radius 3 is 2.82 bits per heavy atom. The summed E-state index contributed by atoms with van der Waals surface area (Å²) >= 11 is 0. The maximum Gasteiger partial charge on any atom is 0.241 e. The number of amides is 1. The number of ether oxygens (including phenoxy) is 2. The molecule has 1 amide bonds. The monoisotopic (exact) mass is 377 g/mol. The summed E-state index contributed by atoms with van der Waals surface area (Å²) in [5.41, 5.74) is 7.68. The van der Waals surface area contributed by atoms with Crippen molar-refractivity contribution < 1.29 is 14.3 Å². The Labute approximate surface area is 163 Å². The number of nitrogens with one attached hydrogen (secondary N) is 1. The van der Waals surface area contributed by atoms with Crippen LogP contribution < -0.4 is 15.8 Å². The van der Waals surface area contributed by atoms with Gasteiger partial charge < -0.3 is 20.5 Å². The van der Waals surface area contributed by atoms with Crippen LogP contribution in [0.4, 0.5) is 5.69 Å². The van der Waals surface area contributed by atoms with E-state index in [2.05, 4.69) is 10.3 Å². The van der Waals surface area contributed by atoms with Crippen molar-refractivity contribution in [3.63, 3.8) is 0 Å². The highest BCUT2D eigenvalue weighted by molar-refractivity contribution is 5.95. The van der Waals surface area contributed by atoms with Crippen LogP contribution in [0.5, 0.6) is 11.5 Å². The molecular formula is C22H23N3O3. The van der Waals surface area contributed by atoms with E-state index in [4.69, 9.17) is 15.2 Å². The van der Waals surface area contributed by atoms with Crippen molar-refractivity contribution in [1.29, 1.82) is 0 Å². The zero-order chi connectivity index (χ0) is 19.3. The van der Waals surface area contributed by atoms with Gasteiger partial charge in [0.05, 0.1) is 11.6 Å². The standard InChI is InChI=1S/C22H23N3O3/c23-21(15-9-12-27-13-10-15)22(26)25-16-4-3-5-17(14-16)28-20-8-11-24-19-7-2-1-6-18(19)20/h1-8,11,14-15,21H,9-10,12-13,23H2,(H,25,26). The fourth-order valence-electron chi connectivity index (χ4n) is 3.44. The number of aromatic nitrogens is 1. The van der Waals surface area contributed by atoms with E-state index >= 15 is 0 Å². The number of fused-ring (bicyclic) bond motifs is 1. The molecule has 0 radical (unpaired) electrons. The molecule has 4 rings (SSSR count). The normalized spacial score (nSPS) is 15.9. The summed E-state index contributed by atoms with van der Waals surface area (Å²) in [7, 11) is 0. The molecule has 0 spiro atoms. The van der Waals surface area contributed by atoms with Gasteiger partial charge in [-0.3, -0.25) is 9.78 Å². The van der Waals surface area contributed by atoms with Gasteiger partial charge in [-0.05, 0) is 49.1 Å². The summed E-state index contributed by atoms with van der Waals surface area (Å²) in [6, 6.07) is 16.4. The molecule has 2 aromatic carbocycles. The van der Waals surface area contributed by atoms with E-state index in [0.29, 0.717) is 30.4 Å². The van der Waals surface area contributed by atoms with Crippen molar-refractivity contribution >= 4 is 22.5 Å². The summed E-state index contributed by atoms with van der Waals surface area (Å²) < 4.78 is 11.4. The Morgan fingerprint density at radius 1 is 1.14 bits per heavy atom. The SMILES string of the molecule is NC(C(=O)Nc1cccc(Oc2ccnc3ccccc23)c1)C1CCOCC1. The smallest absolute Gasteiger partial charge is 0.241 e. The molecule has 28 heavy (non-hydrogen) atoms. The number of para-hydroxylation sites is 1. The van der Waals surface area contributed by atoms with Gasteiger partial charge in [-0.1, -0.05) is 18.2 Å². The van der Waals surface area contributed by atoms with E-state index in [1.54, 1.807) is 12.3 Å². The van der Waals surface area contributed by atoms with Crippen LogP contribution in [0, 0.1) is 5.92 Å². The average Bonchev–Trinajstić information content (AvgIpc) is 2.74. The van der Waals surface area contributed by atoms with E-state index in [1.165, 1.54) is 0 Å². The molecular weight excluding hydrogens is 354 g/mol. The fraction of sp³-hybridized carbons (Fsp3) is 0.273. The number of hydrogen-bond acceptors (Lipinski definition) is 5. The third kappa shape index (κ3) is 4.13. The van der Waals surface area contributed by atoms with Crippen molar-refractivity contribution in [2.75, 3.05) is 18.5 Å². The summed E-state index contributed by atoms with van der Waals surface area (Å²) in [5.74, 6) is 1.32. The van der Waals surface area contributed by atoms with Crippen LogP contribution in [0.3, 0.4) is 0 Å². The topological polar surface area (TPSA) is 86.5 Å². The Balaban J connectivity index is 1.47. The molecule has 1 atom stereocenters. The van der Waals surface area contributed by atoms with Crippen LogP contribution in [0.1, 0.15) is 12.8 Å². The number of carbonyl (C=O) groups excluding carboxylic acids is 1. The molecule has 1 saturated heterocycles. The zero-order valence-electron chi connectivity index (χ0n) is 15.5. The van der Waals surface area contributed by atoms with Gasteiger partial charge >= 0.3 is 0 Å². The highest BCUT2D eigenvalue weighted by Crippen LogP contribution is 2.30. The van der Waals surface area contributed by atoms with E-state index in [9.17, 15) is 4.79 Å². The summed E-state index contributed by atoms with van der Waals surface area (Å²) in [6.45, 7) is 1.32. The molecule has 1 fully saturated rings. The van der Waals surface area contributed by atoms with E-state index in [0.717, 1.165) is 23.7 Å². The minimum Gasteiger partial charge on any atom is -0.457 e. The van der Waals surface area contributed by atoms with Crippen LogP contribution in [-0.4, -0.2) is 30.1 Å². The van der Waals surface area contributed by atoms with Crippen molar-refractivity contribution in [3.05, 3.63) is 60.8 Å². The first-order chi connectivity index (χ1) is 13.7. The second kappa shape index (κ2) is 8.37. The van der Waals surface area contributed by atoms with Crippen LogP contribution in [0.2, 0.25) is 0 Å². The largest absolute Gasteiger partial charge is 0.457 e. The quantitative estimate of drug-likeness (QED) is 0.708. The Kier molecular flexibility index (Phi) is 5.50. The predicted octanol–water partition coefficient (Wildman–Crippen LogP) is 3.72. The van der Waals surface area contributed by atoms with Gasteiger partial charge in [-0.15, -0.1) is 0 Å². The molecule has 1 aromatic heterocycles. The van der Waals surface area contributed by atoms with Crippen LogP contribution in [0.25, 0.3) is 10.9 Å². The molecule has 0 saturated carbocycles. The van der Waals surface area contributed by atoms with Gasteiger partial charge in [0.15, 0.2) is 0 Å². The number of pyridine rings is 1. The first-order valence-corrected chi connectivity index (χ1v) is 9.46. The molecule has 1 aliphatic rings. The lowest BCUT2D eigenvalue weighted by atomic mass is 9.92. The number of nitrogens with zero attached hydrogens (tertiary/aromatic N) is 1. The van der Waals surface area contributed by atoms with Gasteiger partial charge in [0.25, 0.3) is 0 Å². The minimum atomic E-state index is -0.544. The number of benzene rings is 2. The maximum atomic E-state index is 12.5. The van der Waals surface area contributed by atoms with Crippen molar-refractivity contribution in [2.24, 2.45) is 11.7 Å². The predicted molar refractivity (Wildman–Crippen MR) is 108 cm³/mol. The van der Waals surface area contributed by atoms with Gasteiger partial charge in [0.2, 0.25) is 5.91 Å². The first kappa shape index (κ1) is 18.4. The van der Waals surface area contributed by atoms with Crippen LogP contribution in [0.15, 0.2) is 60.8 Å². The average molecular weight is 377 g/mol. The number of hydrogen-bond donors (Lipinski definition) is 2. The van der Waals surface area contributed by atoms with Crippen LogP contribution in [-0.2, 0) is 9.53 Å². The lowest BCUT2D eigenvalue weighted by Gasteiger charge is -2.26. The van der Waals surface area contributed by atoms with Crippen molar-refractivity contribution in [3.8, 4) is 11.5 Å². The molecule has 0 bridgehead atoms. The lowest BCUT2D eigenvalue weighted by Crippen LogP contribution is -2.43. The first-order valence-electron chi connectivity index (χ1n) is 9.46. The fourth-order valence-corrected chi connectivity index (χ4v) is 3.44. The zero-order valence-corrected chi connectivity index (χ0v) is 15.5. The molecule has 3 N–H and O–H groups in total. The number of rotatable bonds is 5. The molecule has 6 heteroatoms. The Morgan fingerprint density at radius 2 is 1.96 bits per heavy atom. The molecule has 2 heterocycles. The van der Waals surface area contributed by atoms with Gasteiger partial charge in [-0.2, -0.15) is 0 Å². The molecule has 144 valence electrons. The van der Waals surface area contributed by atoms with E-state index < -0.39 is 6.04 Å². The molecule has 1 aliphatic heterocycles. The minimum absolute atomic E-state index is 0.149. The Hall–Kier alpha value is -2.96. The van der Waals surface area contributed by atoms with Gasteiger partial charge in [0, 0.05) is 36.6 Å². The van der Waals surface area contributed by atoms with Crippen LogP contribution >= 0.6 is 0 Å². The third-order valence-corrected chi connectivity index (χ3v) is 5.01. The van der Waals surface area contributed by atoms with Crippen molar-refractivity contribution in [1.82, 2.24) is 4.98 Å². The second-order valence-corrected chi connectivity index (χ2v) is 6.92. The molecule has 6 nitrogen and oxygen atoms in total. The summed E-state index contributed by atoms with van der Waals surface area (Å²) in [4.78, 5) is 16.9. The second-order valence-electron chi connectivity index (χ2n) is 6.92. The maximum absolute atomic E-state index is 12.5. The molecule has 0 aliphatic carbocycles. The van der Waals surface area contributed by atoms with Gasteiger partial charge in [-0.25, -0.2) is 0 Å². The number of anilines is 1. The summed E-state index contributed by atoms with van der Waals surface area (Å²) in [5, 5.41) is 3.84. The van der Waals surface area contributed by atoms with Crippen molar-refractivity contribution in [2.45, 2.75) is 18.9 Å². The molecule has 1 unspecified atom stereocenters. The number of nitrogens with two attached hydrogens (primary N) is 1. The van der Waals surface area contributed by atoms with E-state index in [-0.39, 0.29) is 11.8 Å². The highest BCUT2D eigenvalue weighted by Gasteiger charge is 2.26. The lowest BCUT2D eigenvalue weighted by molar-refractivity contribution is -0.119. The third-order valence-electron chi connectivity index (χ3n) is 5.01. The highest BCUT2D eigenvalue weighted by atomic mass is 16.5. The molecule has 3 aromatic rings. The van der Waals surface area contributed by atoms with E-state index in [1.807, 2.05) is 48.5 Å².